The van der Waals surface area contributed by atoms with Crippen LogP contribution in [-0.2, 0) is 65.4 Å². The fourth-order valence-corrected chi connectivity index (χ4v) is 12.0. The van der Waals surface area contributed by atoms with E-state index in [4.69, 9.17) is 37.0 Å². The Labute approximate surface area is 537 Å². The Morgan fingerprint density at radius 2 is 0.580 bits per heavy atom. The van der Waals surface area contributed by atoms with Crippen LogP contribution in [0.1, 0.15) is 350 Å². The molecular formula is C69H134O17P2. The van der Waals surface area contributed by atoms with E-state index in [1.807, 2.05) is 0 Å². The average Bonchev–Trinajstić information content (AvgIpc) is 3.61. The zero-order valence-electron chi connectivity index (χ0n) is 57.0. The van der Waals surface area contributed by atoms with Gasteiger partial charge in [-0.25, -0.2) is 9.13 Å². The van der Waals surface area contributed by atoms with Crippen LogP contribution in [-0.4, -0.2) is 96.7 Å². The lowest BCUT2D eigenvalue weighted by atomic mass is 9.99. The molecule has 0 aliphatic carbocycles. The van der Waals surface area contributed by atoms with Gasteiger partial charge in [-0.05, 0) is 37.5 Å². The minimum Gasteiger partial charge on any atom is -0.462 e. The molecule has 0 heterocycles. The first-order valence-corrected chi connectivity index (χ1v) is 39.0. The van der Waals surface area contributed by atoms with E-state index in [2.05, 4.69) is 41.5 Å². The van der Waals surface area contributed by atoms with Crippen molar-refractivity contribution in [2.45, 2.75) is 368 Å². The Bertz CT molecular complexity index is 1720. The highest BCUT2D eigenvalue weighted by molar-refractivity contribution is 7.47. The van der Waals surface area contributed by atoms with E-state index >= 15 is 0 Å². The standard InChI is InChI=1S/C69H134O17P2/c1-7-10-12-14-16-17-18-19-22-29-35-41-47-53-68(73)85-64(57-79-66(71)51-45-39-31-15-13-11-8-2)59-83-87(75,76)81-55-63(70)56-82-88(77,78)84-60-65(86-69(74)54-48-42-36-30-23-20-21-26-32-37-43-49-61(4)5)58-80-67(72)52-46-40-34-28-25-24-27-33-38-44-50-62(6)9-3/h61-65,70H,7-60H2,1-6H3,(H,75,76)(H,77,78)/t62?,63-,64+,65+/m0/s1. The number of unbranched alkanes of at least 4 members (excludes halogenated alkanes) is 37. The van der Waals surface area contributed by atoms with Crippen molar-refractivity contribution in [3.63, 3.8) is 0 Å². The lowest BCUT2D eigenvalue weighted by Crippen LogP contribution is -2.30. The summed E-state index contributed by atoms with van der Waals surface area (Å²) >= 11 is 0. The van der Waals surface area contributed by atoms with E-state index in [-0.39, 0.29) is 25.7 Å². The van der Waals surface area contributed by atoms with Gasteiger partial charge in [0.2, 0.25) is 0 Å². The molecule has 0 aromatic rings. The summed E-state index contributed by atoms with van der Waals surface area (Å²) < 4.78 is 68.2. The third kappa shape index (κ3) is 61.6. The molecule has 0 amide bonds. The molecule has 0 aromatic carbocycles. The Morgan fingerprint density at radius 1 is 0.330 bits per heavy atom. The minimum atomic E-state index is -4.95. The molecule has 19 heteroatoms. The Kier molecular flexibility index (Phi) is 59.9. The van der Waals surface area contributed by atoms with Crippen molar-refractivity contribution >= 4 is 39.5 Å². The third-order valence-corrected chi connectivity index (χ3v) is 18.2. The minimum absolute atomic E-state index is 0.106. The van der Waals surface area contributed by atoms with Gasteiger partial charge in [0.1, 0.15) is 19.3 Å². The van der Waals surface area contributed by atoms with Crippen molar-refractivity contribution in [3.05, 3.63) is 0 Å². The maximum Gasteiger partial charge on any atom is 0.472 e. The lowest BCUT2D eigenvalue weighted by molar-refractivity contribution is -0.161. The van der Waals surface area contributed by atoms with Crippen molar-refractivity contribution in [2.75, 3.05) is 39.6 Å². The van der Waals surface area contributed by atoms with Gasteiger partial charge in [0, 0.05) is 25.7 Å². The van der Waals surface area contributed by atoms with Crippen LogP contribution in [0.5, 0.6) is 0 Å². The summed E-state index contributed by atoms with van der Waals surface area (Å²) in [6.45, 7) is 9.53. The van der Waals surface area contributed by atoms with E-state index in [1.54, 1.807) is 0 Å². The summed E-state index contributed by atoms with van der Waals surface area (Å²) in [7, 11) is -9.89. The molecule has 6 atom stereocenters. The van der Waals surface area contributed by atoms with Crippen molar-refractivity contribution in [3.8, 4) is 0 Å². The van der Waals surface area contributed by atoms with Crippen LogP contribution in [0.4, 0.5) is 0 Å². The molecule has 0 fully saturated rings. The SMILES string of the molecule is CCCCCCCCCCCCCCCC(=O)O[C@H](COC(=O)CCCCCCCCC)COP(=O)(O)OC[C@H](O)COP(=O)(O)OC[C@@H](COC(=O)CCCCCCCCCCCCC(C)CC)OC(=O)CCCCCCCCCCCCCC(C)C. The van der Waals surface area contributed by atoms with Gasteiger partial charge in [-0.2, -0.15) is 0 Å². The van der Waals surface area contributed by atoms with Gasteiger partial charge in [-0.15, -0.1) is 0 Å². The zero-order chi connectivity index (χ0) is 65.0. The molecule has 0 rings (SSSR count). The number of phosphoric ester groups is 2. The number of ether oxygens (including phenoxy) is 4. The molecule has 0 saturated carbocycles. The van der Waals surface area contributed by atoms with Crippen LogP contribution in [0.25, 0.3) is 0 Å². The van der Waals surface area contributed by atoms with Gasteiger partial charge in [0.15, 0.2) is 12.2 Å². The number of aliphatic hydroxyl groups is 1. The number of phosphoric acid groups is 2. The first-order chi connectivity index (χ1) is 42.4. The van der Waals surface area contributed by atoms with E-state index in [9.17, 15) is 43.2 Å². The summed E-state index contributed by atoms with van der Waals surface area (Å²) in [4.78, 5) is 72.4. The van der Waals surface area contributed by atoms with Crippen molar-refractivity contribution < 1.29 is 80.2 Å². The normalized spacial score (nSPS) is 14.5. The summed E-state index contributed by atoms with van der Waals surface area (Å²) in [6, 6.07) is 0. The molecule has 0 radical (unpaired) electrons. The molecule has 0 spiro atoms. The maximum atomic E-state index is 13.0. The highest BCUT2D eigenvalue weighted by atomic mass is 31.2. The second-order valence-electron chi connectivity index (χ2n) is 25.6. The smallest absolute Gasteiger partial charge is 0.462 e. The Morgan fingerprint density at radius 3 is 0.864 bits per heavy atom. The summed E-state index contributed by atoms with van der Waals surface area (Å²) in [6.07, 6.45) is 45.7. The molecule has 0 saturated heterocycles. The second kappa shape index (κ2) is 61.3. The van der Waals surface area contributed by atoms with Crippen LogP contribution in [0, 0.1) is 11.8 Å². The molecule has 0 aliphatic heterocycles. The monoisotopic (exact) mass is 1300 g/mol. The van der Waals surface area contributed by atoms with Crippen LogP contribution >= 0.6 is 15.6 Å². The van der Waals surface area contributed by atoms with Crippen LogP contribution in [0.3, 0.4) is 0 Å². The number of carbonyl (C=O) groups is 4. The molecular weight excluding hydrogens is 1160 g/mol. The molecule has 17 nitrogen and oxygen atoms in total. The van der Waals surface area contributed by atoms with Crippen molar-refractivity contribution in [1.29, 1.82) is 0 Å². The predicted molar refractivity (Wildman–Crippen MR) is 354 cm³/mol. The van der Waals surface area contributed by atoms with Gasteiger partial charge in [0.05, 0.1) is 26.4 Å². The fraction of sp³-hybridized carbons (Fsp3) is 0.942. The number of aliphatic hydroxyl groups excluding tert-OH is 1. The second-order valence-corrected chi connectivity index (χ2v) is 28.5. The average molecular weight is 1300 g/mol. The van der Waals surface area contributed by atoms with Crippen LogP contribution in [0.15, 0.2) is 0 Å². The summed E-state index contributed by atoms with van der Waals surface area (Å²) in [5.41, 5.74) is 0. The maximum absolute atomic E-state index is 13.0. The third-order valence-electron chi connectivity index (χ3n) is 16.3. The number of esters is 4. The Balaban J connectivity index is 5.22. The van der Waals surface area contributed by atoms with Gasteiger partial charge in [-0.1, -0.05) is 298 Å². The number of hydrogen-bond acceptors (Lipinski definition) is 15. The quantitative estimate of drug-likeness (QED) is 0.0222. The topological polar surface area (TPSA) is 237 Å². The first kappa shape index (κ1) is 86.1. The molecule has 88 heavy (non-hydrogen) atoms. The molecule has 522 valence electrons. The molecule has 3 N–H and O–H groups in total. The number of rotatable bonds is 68. The first-order valence-electron chi connectivity index (χ1n) is 36.0. The molecule has 3 unspecified atom stereocenters. The highest BCUT2D eigenvalue weighted by Gasteiger charge is 2.30. The molecule has 0 aromatic heterocycles. The van der Waals surface area contributed by atoms with Gasteiger partial charge in [0.25, 0.3) is 0 Å². The van der Waals surface area contributed by atoms with Gasteiger partial charge >= 0.3 is 39.5 Å². The van der Waals surface area contributed by atoms with Crippen molar-refractivity contribution in [2.24, 2.45) is 11.8 Å². The number of carbonyl (C=O) groups excluding carboxylic acids is 4. The summed E-state index contributed by atoms with van der Waals surface area (Å²) in [5, 5.41) is 10.6. The largest absolute Gasteiger partial charge is 0.472 e. The Hall–Kier alpha value is -1.94. The number of hydrogen-bond donors (Lipinski definition) is 3. The highest BCUT2D eigenvalue weighted by Crippen LogP contribution is 2.45. The van der Waals surface area contributed by atoms with Crippen molar-refractivity contribution in [1.82, 2.24) is 0 Å². The van der Waals surface area contributed by atoms with E-state index in [0.29, 0.717) is 25.7 Å². The van der Waals surface area contributed by atoms with Crippen LogP contribution in [0.2, 0.25) is 0 Å². The van der Waals surface area contributed by atoms with Gasteiger partial charge in [-0.3, -0.25) is 37.3 Å². The molecule has 0 bridgehead atoms. The summed E-state index contributed by atoms with van der Waals surface area (Å²) in [5.74, 6) is -0.554. The van der Waals surface area contributed by atoms with Crippen LogP contribution < -0.4 is 0 Å². The van der Waals surface area contributed by atoms with E-state index in [0.717, 1.165) is 115 Å². The van der Waals surface area contributed by atoms with Gasteiger partial charge < -0.3 is 33.8 Å². The predicted octanol–water partition coefficient (Wildman–Crippen LogP) is 19.6. The van der Waals surface area contributed by atoms with E-state index < -0.39 is 97.5 Å². The molecule has 0 aliphatic rings. The lowest BCUT2D eigenvalue weighted by Gasteiger charge is -2.21. The van der Waals surface area contributed by atoms with E-state index in [1.165, 1.54) is 154 Å². The zero-order valence-corrected chi connectivity index (χ0v) is 58.8. The fourth-order valence-electron chi connectivity index (χ4n) is 10.4.